The first-order valence-corrected chi connectivity index (χ1v) is 6.33. The van der Waals surface area contributed by atoms with Crippen LogP contribution in [-0.4, -0.2) is 33.0 Å². The Morgan fingerprint density at radius 3 is 2.79 bits per heavy atom. The standard InChI is InChI=1S/C10H12BrClF2N4O/c1-18-4-6(9(11)17-18)8(19)5(10(12)15)2-16-3-7(13)14/h2,4,7-8,15-16,19H,3H2,1H3/b5-2-,15-10?. The van der Waals surface area contributed by atoms with Crippen molar-refractivity contribution in [2.24, 2.45) is 7.05 Å². The Hall–Kier alpha value is -0.990. The average molecular weight is 358 g/mol. The van der Waals surface area contributed by atoms with Crippen molar-refractivity contribution in [1.82, 2.24) is 15.1 Å². The summed E-state index contributed by atoms with van der Waals surface area (Å²) in [7, 11) is 1.66. The Kier molecular flexibility index (Phi) is 5.89. The van der Waals surface area contributed by atoms with Gasteiger partial charge >= 0.3 is 0 Å². The molecule has 0 aliphatic rings. The molecule has 1 aromatic rings. The lowest BCUT2D eigenvalue weighted by atomic mass is 10.1. The monoisotopic (exact) mass is 356 g/mol. The number of nitrogens with zero attached hydrogens (tertiary/aromatic N) is 2. The fraction of sp³-hybridized carbons (Fsp3) is 0.400. The van der Waals surface area contributed by atoms with Gasteiger partial charge < -0.3 is 10.4 Å². The van der Waals surface area contributed by atoms with E-state index in [-0.39, 0.29) is 5.57 Å². The van der Waals surface area contributed by atoms with Crippen LogP contribution in [0, 0.1) is 5.41 Å². The highest BCUT2D eigenvalue weighted by molar-refractivity contribution is 9.10. The smallest absolute Gasteiger partial charge is 0.255 e. The molecule has 1 aromatic heterocycles. The second kappa shape index (κ2) is 6.97. The van der Waals surface area contributed by atoms with Gasteiger partial charge in [-0.2, -0.15) is 5.10 Å². The molecule has 0 saturated carbocycles. The normalized spacial score (nSPS) is 13.7. The van der Waals surface area contributed by atoms with E-state index in [1.807, 2.05) is 0 Å². The van der Waals surface area contributed by atoms with E-state index in [1.54, 1.807) is 7.05 Å². The van der Waals surface area contributed by atoms with E-state index in [2.05, 4.69) is 26.3 Å². The van der Waals surface area contributed by atoms with Crippen molar-refractivity contribution < 1.29 is 13.9 Å². The molecule has 0 aliphatic heterocycles. The van der Waals surface area contributed by atoms with Gasteiger partial charge in [-0.15, -0.1) is 0 Å². The van der Waals surface area contributed by atoms with E-state index in [0.717, 1.165) is 6.20 Å². The third kappa shape index (κ3) is 4.55. The number of nitrogens with one attached hydrogen (secondary N) is 2. The second-order valence-corrected chi connectivity index (χ2v) is 4.79. The van der Waals surface area contributed by atoms with Gasteiger partial charge in [-0.25, -0.2) is 8.78 Å². The first kappa shape index (κ1) is 16.1. The first-order valence-electron chi connectivity index (χ1n) is 5.16. The zero-order chi connectivity index (χ0) is 14.6. The predicted octanol–water partition coefficient (Wildman–Crippen LogP) is 2.17. The molecule has 0 radical (unpaired) electrons. The van der Waals surface area contributed by atoms with Gasteiger partial charge in [-0.3, -0.25) is 10.1 Å². The summed E-state index contributed by atoms with van der Waals surface area (Å²) in [5, 5.41) is 23.3. The Balaban J connectivity index is 2.93. The minimum absolute atomic E-state index is 0.0176. The van der Waals surface area contributed by atoms with E-state index >= 15 is 0 Å². The van der Waals surface area contributed by atoms with Crippen LogP contribution in [0.4, 0.5) is 8.78 Å². The van der Waals surface area contributed by atoms with Gasteiger partial charge in [0.25, 0.3) is 6.43 Å². The van der Waals surface area contributed by atoms with Crippen LogP contribution < -0.4 is 5.32 Å². The van der Waals surface area contributed by atoms with Gasteiger partial charge in [0, 0.05) is 30.6 Å². The van der Waals surface area contributed by atoms with Crippen LogP contribution in [0.15, 0.2) is 22.6 Å². The maximum atomic E-state index is 12.0. The average Bonchev–Trinajstić information content (AvgIpc) is 2.62. The van der Waals surface area contributed by atoms with Gasteiger partial charge in [0.2, 0.25) is 0 Å². The van der Waals surface area contributed by atoms with Crippen molar-refractivity contribution in [3.8, 4) is 0 Å². The molecular formula is C10H12BrClF2N4O. The minimum atomic E-state index is -2.54. The van der Waals surface area contributed by atoms with Gasteiger partial charge in [0.05, 0.1) is 6.54 Å². The minimum Gasteiger partial charge on any atom is -0.385 e. The van der Waals surface area contributed by atoms with Crippen molar-refractivity contribution in [2.45, 2.75) is 12.5 Å². The lowest BCUT2D eigenvalue weighted by molar-refractivity contribution is 0.150. The van der Waals surface area contributed by atoms with Crippen LogP contribution in [0.1, 0.15) is 11.7 Å². The largest absolute Gasteiger partial charge is 0.385 e. The Morgan fingerprint density at radius 1 is 1.74 bits per heavy atom. The van der Waals surface area contributed by atoms with Crippen LogP contribution >= 0.6 is 27.5 Å². The van der Waals surface area contributed by atoms with E-state index < -0.39 is 24.2 Å². The summed E-state index contributed by atoms with van der Waals surface area (Å²) >= 11 is 8.70. The second-order valence-electron chi connectivity index (χ2n) is 3.66. The number of aromatic nitrogens is 2. The topological polar surface area (TPSA) is 73.9 Å². The summed E-state index contributed by atoms with van der Waals surface area (Å²) in [6.07, 6.45) is -1.14. The predicted molar refractivity (Wildman–Crippen MR) is 71.5 cm³/mol. The molecule has 0 fully saturated rings. The maximum Gasteiger partial charge on any atom is 0.255 e. The molecule has 0 aliphatic carbocycles. The highest BCUT2D eigenvalue weighted by Gasteiger charge is 2.21. The summed E-state index contributed by atoms with van der Waals surface area (Å²) in [6.45, 7) is -0.589. The highest BCUT2D eigenvalue weighted by Crippen LogP contribution is 2.28. The molecule has 3 N–H and O–H groups in total. The molecule has 0 aromatic carbocycles. The molecular weight excluding hydrogens is 345 g/mol. The number of rotatable bonds is 6. The van der Waals surface area contributed by atoms with E-state index in [4.69, 9.17) is 17.0 Å². The van der Waals surface area contributed by atoms with Crippen LogP contribution in [0.2, 0.25) is 0 Å². The zero-order valence-electron chi connectivity index (χ0n) is 9.87. The molecule has 9 heteroatoms. The molecule has 106 valence electrons. The highest BCUT2D eigenvalue weighted by atomic mass is 79.9. The maximum absolute atomic E-state index is 12.0. The molecule has 0 amide bonds. The summed E-state index contributed by atoms with van der Waals surface area (Å²) in [6, 6.07) is 0. The van der Waals surface area contributed by atoms with Gasteiger partial charge in [-0.1, -0.05) is 11.6 Å². The molecule has 1 unspecified atom stereocenters. The molecule has 0 saturated heterocycles. The lowest BCUT2D eigenvalue weighted by Crippen LogP contribution is -2.18. The van der Waals surface area contributed by atoms with Crippen LogP contribution in [0.3, 0.4) is 0 Å². The van der Waals surface area contributed by atoms with Crippen LogP contribution in [0.25, 0.3) is 0 Å². The van der Waals surface area contributed by atoms with Crippen LogP contribution in [-0.2, 0) is 7.05 Å². The molecule has 0 spiro atoms. The molecule has 1 rings (SSSR count). The number of halogens is 4. The van der Waals surface area contributed by atoms with Crippen molar-refractivity contribution in [2.75, 3.05) is 6.54 Å². The summed E-state index contributed by atoms with van der Waals surface area (Å²) < 4.78 is 25.9. The fourth-order valence-electron chi connectivity index (χ4n) is 1.35. The summed E-state index contributed by atoms with van der Waals surface area (Å²) in [4.78, 5) is 0. The van der Waals surface area contributed by atoms with Gasteiger partial charge in [0.15, 0.2) is 0 Å². The van der Waals surface area contributed by atoms with Crippen molar-refractivity contribution in [3.05, 3.63) is 28.1 Å². The lowest BCUT2D eigenvalue weighted by Gasteiger charge is -2.12. The third-order valence-electron chi connectivity index (χ3n) is 2.18. The summed E-state index contributed by atoms with van der Waals surface area (Å²) in [5.74, 6) is 0. The fourth-order valence-corrected chi connectivity index (χ4v) is 2.08. The van der Waals surface area contributed by atoms with Crippen molar-refractivity contribution in [1.29, 1.82) is 5.41 Å². The SMILES string of the molecule is Cn1cc(C(O)/C(=C/NCC(F)F)C(=N)Cl)c(Br)n1. The molecule has 0 bridgehead atoms. The number of alkyl halides is 2. The van der Waals surface area contributed by atoms with Gasteiger partial charge in [0.1, 0.15) is 15.9 Å². The van der Waals surface area contributed by atoms with Crippen molar-refractivity contribution in [3.63, 3.8) is 0 Å². The quantitative estimate of drug-likeness (QED) is 0.683. The van der Waals surface area contributed by atoms with E-state index in [9.17, 15) is 13.9 Å². The number of aliphatic hydroxyl groups excluding tert-OH is 1. The molecule has 19 heavy (non-hydrogen) atoms. The van der Waals surface area contributed by atoms with Gasteiger partial charge in [-0.05, 0) is 15.9 Å². The zero-order valence-corrected chi connectivity index (χ0v) is 12.2. The van der Waals surface area contributed by atoms with E-state index in [1.165, 1.54) is 10.9 Å². The van der Waals surface area contributed by atoms with Crippen LogP contribution in [0.5, 0.6) is 0 Å². The molecule has 1 heterocycles. The third-order valence-corrected chi connectivity index (χ3v) is 3.02. The van der Waals surface area contributed by atoms with E-state index in [0.29, 0.717) is 10.2 Å². The number of aryl methyl sites for hydroxylation is 1. The Labute approximate surface area is 121 Å². The Bertz CT molecular complexity index is 492. The Morgan fingerprint density at radius 2 is 2.37 bits per heavy atom. The number of hydrogen-bond donors (Lipinski definition) is 3. The molecule has 5 nitrogen and oxygen atoms in total. The first-order chi connectivity index (χ1) is 8.82. The molecule has 1 atom stereocenters. The summed E-state index contributed by atoms with van der Waals surface area (Å²) in [5.41, 5.74) is 0.369. The van der Waals surface area contributed by atoms with Crippen molar-refractivity contribution >= 4 is 32.7 Å². The number of hydrogen-bond acceptors (Lipinski definition) is 4. The number of aliphatic hydroxyl groups is 1.